The molecule has 0 saturated carbocycles. The second kappa shape index (κ2) is 8.05. The second-order valence-corrected chi connectivity index (χ2v) is 6.16. The van der Waals surface area contributed by atoms with Crippen LogP contribution in [0.1, 0.15) is 0 Å². The van der Waals surface area contributed by atoms with E-state index in [1.807, 2.05) is 9.80 Å². The highest BCUT2D eigenvalue weighted by Gasteiger charge is 2.30. The van der Waals surface area contributed by atoms with Crippen LogP contribution in [0, 0.1) is 0 Å². The zero-order valence-corrected chi connectivity index (χ0v) is 13.5. The van der Waals surface area contributed by atoms with Gasteiger partial charge >= 0.3 is 0 Å². The highest BCUT2D eigenvalue weighted by molar-refractivity contribution is 5.82. The van der Waals surface area contributed by atoms with Gasteiger partial charge in [-0.05, 0) is 0 Å². The fourth-order valence-electron chi connectivity index (χ4n) is 3.15. The molecule has 0 radical (unpaired) electrons. The fraction of sp³-hybridized carbons (Fsp3) is 0.867. The fourth-order valence-corrected chi connectivity index (χ4v) is 3.15. The SMILES string of the molecule is O=C(CN1CCOCC1)N1CCN(C(=O)C2CNCCO2)CC1. The minimum absolute atomic E-state index is 0.0393. The van der Waals surface area contributed by atoms with Gasteiger partial charge in [0.15, 0.2) is 0 Å². The van der Waals surface area contributed by atoms with E-state index in [2.05, 4.69) is 10.2 Å². The van der Waals surface area contributed by atoms with Crippen LogP contribution in [0.2, 0.25) is 0 Å². The summed E-state index contributed by atoms with van der Waals surface area (Å²) in [5, 5.41) is 3.17. The summed E-state index contributed by atoms with van der Waals surface area (Å²) in [5.74, 6) is 0.187. The zero-order valence-electron chi connectivity index (χ0n) is 13.5. The summed E-state index contributed by atoms with van der Waals surface area (Å²) in [6, 6.07) is 0. The van der Waals surface area contributed by atoms with Crippen molar-refractivity contribution in [1.82, 2.24) is 20.0 Å². The van der Waals surface area contributed by atoms with Gasteiger partial charge in [-0.1, -0.05) is 0 Å². The minimum atomic E-state index is -0.376. The van der Waals surface area contributed by atoms with Crippen LogP contribution in [-0.2, 0) is 19.1 Å². The maximum absolute atomic E-state index is 12.4. The number of ether oxygens (including phenoxy) is 2. The molecule has 130 valence electrons. The molecule has 0 aromatic carbocycles. The summed E-state index contributed by atoms with van der Waals surface area (Å²) in [6.07, 6.45) is -0.376. The Kier molecular flexibility index (Phi) is 5.82. The molecule has 1 atom stereocenters. The third-order valence-electron chi connectivity index (χ3n) is 4.61. The molecule has 8 heteroatoms. The summed E-state index contributed by atoms with van der Waals surface area (Å²) in [4.78, 5) is 30.5. The molecule has 3 rings (SSSR count). The Morgan fingerprint density at radius 1 is 0.957 bits per heavy atom. The van der Waals surface area contributed by atoms with E-state index in [1.165, 1.54) is 0 Å². The standard InChI is InChI=1S/C15H26N4O4/c20-14(12-17-6-9-22-10-7-17)18-2-4-19(5-3-18)15(21)13-11-16-1-8-23-13/h13,16H,1-12H2. The Balaban J connectivity index is 1.42. The second-order valence-electron chi connectivity index (χ2n) is 6.16. The van der Waals surface area contributed by atoms with E-state index >= 15 is 0 Å². The summed E-state index contributed by atoms with van der Waals surface area (Å²) in [5.41, 5.74) is 0. The third-order valence-corrected chi connectivity index (χ3v) is 4.61. The van der Waals surface area contributed by atoms with E-state index < -0.39 is 0 Å². The van der Waals surface area contributed by atoms with Gasteiger partial charge in [-0.2, -0.15) is 0 Å². The average Bonchev–Trinajstić information content (AvgIpc) is 2.63. The first kappa shape index (κ1) is 16.6. The van der Waals surface area contributed by atoms with Crippen molar-refractivity contribution in [3.63, 3.8) is 0 Å². The first-order valence-electron chi connectivity index (χ1n) is 8.43. The molecule has 1 unspecified atom stereocenters. The van der Waals surface area contributed by atoms with E-state index in [1.54, 1.807) is 0 Å². The van der Waals surface area contributed by atoms with E-state index in [0.717, 1.165) is 19.6 Å². The summed E-state index contributed by atoms with van der Waals surface area (Å²) >= 11 is 0. The monoisotopic (exact) mass is 326 g/mol. The minimum Gasteiger partial charge on any atom is -0.379 e. The van der Waals surface area contributed by atoms with Crippen molar-refractivity contribution < 1.29 is 19.1 Å². The lowest BCUT2D eigenvalue weighted by Gasteiger charge is -2.38. The predicted octanol–water partition coefficient (Wildman–Crippen LogP) is -2.02. The highest BCUT2D eigenvalue weighted by atomic mass is 16.5. The molecule has 2 amide bonds. The van der Waals surface area contributed by atoms with E-state index in [0.29, 0.717) is 59.1 Å². The first-order chi connectivity index (χ1) is 11.2. The number of piperazine rings is 1. The lowest BCUT2D eigenvalue weighted by molar-refractivity contribution is -0.149. The van der Waals surface area contributed by atoms with Crippen LogP contribution in [0.4, 0.5) is 0 Å². The number of nitrogens with zero attached hydrogens (tertiary/aromatic N) is 3. The number of carbonyl (C=O) groups excluding carboxylic acids is 2. The van der Waals surface area contributed by atoms with E-state index in [4.69, 9.17) is 9.47 Å². The van der Waals surface area contributed by atoms with Crippen molar-refractivity contribution in [1.29, 1.82) is 0 Å². The molecule has 8 nitrogen and oxygen atoms in total. The molecule has 0 spiro atoms. The largest absolute Gasteiger partial charge is 0.379 e. The van der Waals surface area contributed by atoms with Crippen LogP contribution in [-0.4, -0.2) is 111 Å². The molecule has 0 aromatic heterocycles. The Hall–Kier alpha value is -1.22. The smallest absolute Gasteiger partial charge is 0.253 e. The van der Waals surface area contributed by atoms with Gasteiger partial charge in [-0.15, -0.1) is 0 Å². The van der Waals surface area contributed by atoms with Crippen molar-refractivity contribution >= 4 is 11.8 Å². The number of rotatable bonds is 3. The van der Waals surface area contributed by atoms with Gasteiger partial charge in [0.25, 0.3) is 5.91 Å². The van der Waals surface area contributed by atoms with Crippen LogP contribution >= 0.6 is 0 Å². The van der Waals surface area contributed by atoms with Crippen LogP contribution in [0.3, 0.4) is 0 Å². The molecular formula is C15H26N4O4. The highest BCUT2D eigenvalue weighted by Crippen LogP contribution is 2.08. The number of hydrogen-bond acceptors (Lipinski definition) is 6. The van der Waals surface area contributed by atoms with Crippen molar-refractivity contribution in [2.24, 2.45) is 0 Å². The van der Waals surface area contributed by atoms with Crippen LogP contribution in [0.5, 0.6) is 0 Å². The first-order valence-corrected chi connectivity index (χ1v) is 8.43. The lowest BCUT2D eigenvalue weighted by atomic mass is 10.2. The number of nitrogens with one attached hydrogen (secondary N) is 1. The molecule has 3 aliphatic rings. The maximum Gasteiger partial charge on any atom is 0.253 e. The normalized spacial score (nSPS) is 27.0. The molecule has 3 saturated heterocycles. The maximum atomic E-state index is 12.4. The van der Waals surface area contributed by atoms with Crippen molar-refractivity contribution in [3.05, 3.63) is 0 Å². The summed E-state index contributed by atoms with van der Waals surface area (Å²) in [6.45, 7) is 7.83. The van der Waals surface area contributed by atoms with Gasteiger partial charge in [0, 0.05) is 52.4 Å². The Bertz CT molecular complexity index is 414. The number of carbonyl (C=O) groups is 2. The topological polar surface area (TPSA) is 74.4 Å². The molecule has 23 heavy (non-hydrogen) atoms. The van der Waals surface area contributed by atoms with Gasteiger partial charge in [0.1, 0.15) is 6.10 Å². The molecular weight excluding hydrogens is 300 g/mol. The molecule has 3 heterocycles. The van der Waals surface area contributed by atoms with Crippen molar-refractivity contribution in [2.75, 3.05) is 78.7 Å². The van der Waals surface area contributed by atoms with E-state index in [9.17, 15) is 9.59 Å². The van der Waals surface area contributed by atoms with Gasteiger partial charge < -0.3 is 24.6 Å². The van der Waals surface area contributed by atoms with Gasteiger partial charge in [-0.25, -0.2) is 0 Å². The zero-order chi connectivity index (χ0) is 16.1. The molecule has 3 aliphatic heterocycles. The Labute approximate surface area is 136 Å². The summed E-state index contributed by atoms with van der Waals surface area (Å²) < 4.78 is 10.8. The molecule has 3 fully saturated rings. The number of amides is 2. The number of hydrogen-bond donors (Lipinski definition) is 1. The van der Waals surface area contributed by atoms with E-state index in [-0.39, 0.29) is 17.9 Å². The molecule has 0 aromatic rings. The quantitative estimate of drug-likeness (QED) is 0.645. The summed E-state index contributed by atoms with van der Waals surface area (Å²) in [7, 11) is 0. The van der Waals surface area contributed by atoms with Gasteiger partial charge in [0.05, 0.1) is 26.4 Å². The number of morpholine rings is 2. The van der Waals surface area contributed by atoms with Crippen LogP contribution in [0.15, 0.2) is 0 Å². The molecule has 0 aliphatic carbocycles. The lowest BCUT2D eigenvalue weighted by Crippen LogP contribution is -2.57. The Morgan fingerprint density at radius 2 is 1.65 bits per heavy atom. The molecule has 1 N–H and O–H groups in total. The Morgan fingerprint density at radius 3 is 2.30 bits per heavy atom. The van der Waals surface area contributed by atoms with Crippen LogP contribution < -0.4 is 5.32 Å². The third kappa shape index (κ3) is 4.41. The molecule has 0 bridgehead atoms. The average molecular weight is 326 g/mol. The van der Waals surface area contributed by atoms with Gasteiger partial charge in [-0.3, -0.25) is 14.5 Å². The predicted molar refractivity (Wildman–Crippen MR) is 83.0 cm³/mol. The van der Waals surface area contributed by atoms with Crippen molar-refractivity contribution in [3.8, 4) is 0 Å². The van der Waals surface area contributed by atoms with Gasteiger partial charge in [0.2, 0.25) is 5.91 Å². The van der Waals surface area contributed by atoms with Crippen molar-refractivity contribution in [2.45, 2.75) is 6.10 Å². The van der Waals surface area contributed by atoms with Crippen LogP contribution in [0.25, 0.3) is 0 Å².